The van der Waals surface area contributed by atoms with Gasteiger partial charge < -0.3 is 9.55 Å². The summed E-state index contributed by atoms with van der Waals surface area (Å²) in [5.74, 6) is -0.177. The molecule has 0 aliphatic rings. The number of rotatable bonds is 5. The summed E-state index contributed by atoms with van der Waals surface area (Å²) in [7, 11) is 0. The number of benzene rings is 1. The molecule has 27 heavy (non-hydrogen) atoms. The molecule has 0 radical (unpaired) electrons. The SMILES string of the molecule is CCCn1c(C)cc(-c2csc(NC(=O)c3ccc4nc[nH]c4c3)n2)c1C. The maximum Gasteiger partial charge on any atom is 0.257 e. The van der Waals surface area contributed by atoms with E-state index in [1.54, 1.807) is 18.5 Å². The number of hydrogen-bond donors (Lipinski definition) is 2. The van der Waals surface area contributed by atoms with Crippen LogP contribution in [0.2, 0.25) is 0 Å². The van der Waals surface area contributed by atoms with Gasteiger partial charge in [0, 0.05) is 34.4 Å². The van der Waals surface area contributed by atoms with Crippen LogP contribution in [-0.2, 0) is 6.54 Å². The van der Waals surface area contributed by atoms with Gasteiger partial charge in [-0.15, -0.1) is 11.3 Å². The number of thiazole rings is 1. The molecule has 3 aromatic heterocycles. The summed E-state index contributed by atoms with van der Waals surface area (Å²) in [6, 6.07) is 7.56. The summed E-state index contributed by atoms with van der Waals surface area (Å²) in [5, 5.41) is 5.49. The molecule has 3 heterocycles. The third-order valence-corrected chi connectivity index (χ3v) is 5.46. The number of anilines is 1. The van der Waals surface area contributed by atoms with Gasteiger partial charge in [0.05, 0.1) is 23.1 Å². The number of aromatic nitrogens is 4. The molecule has 7 heteroatoms. The van der Waals surface area contributed by atoms with E-state index < -0.39 is 0 Å². The van der Waals surface area contributed by atoms with Gasteiger partial charge in [0.2, 0.25) is 0 Å². The van der Waals surface area contributed by atoms with Crippen molar-refractivity contribution in [3.05, 3.63) is 52.9 Å². The molecule has 1 aromatic carbocycles. The van der Waals surface area contributed by atoms with Crippen LogP contribution in [0, 0.1) is 13.8 Å². The van der Waals surface area contributed by atoms with Crippen molar-refractivity contribution in [3.8, 4) is 11.3 Å². The molecule has 0 aliphatic carbocycles. The van der Waals surface area contributed by atoms with Gasteiger partial charge in [-0.3, -0.25) is 10.1 Å². The zero-order chi connectivity index (χ0) is 19.0. The molecule has 0 saturated heterocycles. The first-order valence-corrected chi connectivity index (χ1v) is 9.82. The topological polar surface area (TPSA) is 75.6 Å². The number of nitrogens with zero attached hydrogens (tertiary/aromatic N) is 3. The van der Waals surface area contributed by atoms with Crippen molar-refractivity contribution in [3.63, 3.8) is 0 Å². The Morgan fingerprint density at radius 2 is 2.15 bits per heavy atom. The number of amides is 1. The molecule has 4 rings (SSSR count). The number of nitrogens with one attached hydrogen (secondary N) is 2. The van der Waals surface area contributed by atoms with Gasteiger partial charge in [-0.2, -0.15) is 0 Å². The van der Waals surface area contributed by atoms with Crippen LogP contribution in [0.3, 0.4) is 0 Å². The molecule has 2 N–H and O–H groups in total. The molecule has 0 spiro atoms. The van der Waals surface area contributed by atoms with E-state index in [9.17, 15) is 4.79 Å². The monoisotopic (exact) mass is 379 g/mol. The van der Waals surface area contributed by atoms with E-state index in [1.807, 2.05) is 11.4 Å². The van der Waals surface area contributed by atoms with Crippen molar-refractivity contribution in [1.82, 2.24) is 19.5 Å². The molecule has 0 unspecified atom stereocenters. The van der Waals surface area contributed by atoms with Gasteiger partial charge in [0.1, 0.15) is 0 Å². The third kappa shape index (κ3) is 3.26. The Hall–Kier alpha value is -2.93. The summed E-state index contributed by atoms with van der Waals surface area (Å²) in [4.78, 5) is 24.4. The molecule has 0 atom stereocenters. The summed E-state index contributed by atoms with van der Waals surface area (Å²) in [5.41, 5.74) is 6.71. The predicted octanol–water partition coefficient (Wildman–Crippen LogP) is 4.77. The van der Waals surface area contributed by atoms with E-state index in [0.29, 0.717) is 10.7 Å². The summed E-state index contributed by atoms with van der Waals surface area (Å²) >= 11 is 1.44. The third-order valence-electron chi connectivity index (χ3n) is 4.70. The normalized spacial score (nSPS) is 11.2. The van der Waals surface area contributed by atoms with Gasteiger partial charge in [-0.25, -0.2) is 9.97 Å². The first-order chi connectivity index (χ1) is 13.1. The Bertz CT molecular complexity index is 1120. The van der Waals surface area contributed by atoms with E-state index in [1.165, 1.54) is 22.7 Å². The minimum absolute atomic E-state index is 0.177. The molecule has 4 aromatic rings. The second kappa shape index (κ2) is 7.00. The number of H-pyrrole nitrogens is 1. The number of aryl methyl sites for hydroxylation is 1. The Morgan fingerprint density at radius 3 is 2.96 bits per heavy atom. The van der Waals surface area contributed by atoms with E-state index in [0.717, 1.165) is 35.3 Å². The van der Waals surface area contributed by atoms with Crippen LogP contribution in [0.4, 0.5) is 5.13 Å². The fraction of sp³-hybridized carbons (Fsp3) is 0.250. The van der Waals surface area contributed by atoms with E-state index in [4.69, 9.17) is 0 Å². The zero-order valence-corrected chi connectivity index (χ0v) is 16.4. The lowest BCUT2D eigenvalue weighted by Crippen LogP contribution is -2.11. The quantitative estimate of drug-likeness (QED) is 0.524. The standard InChI is InChI=1S/C20H21N5OS/c1-4-7-25-12(2)8-15(13(25)3)18-10-27-20(23-18)24-19(26)14-5-6-16-17(9-14)22-11-21-16/h5-6,8-11H,4,7H2,1-3H3,(H,21,22)(H,23,24,26). The summed E-state index contributed by atoms with van der Waals surface area (Å²) < 4.78 is 2.31. The molecule has 0 bridgehead atoms. The molecule has 0 fully saturated rings. The molecule has 0 aliphatic heterocycles. The van der Waals surface area contributed by atoms with Crippen LogP contribution in [0.25, 0.3) is 22.3 Å². The predicted molar refractivity (Wildman–Crippen MR) is 109 cm³/mol. The number of imidazole rings is 1. The molecular weight excluding hydrogens is 358 g/mol. The first kappa shape index (κ1) is 17.5. The number of aromatic amines is 1. The maximum atomic E-state index is 12.6. The zero-order valence-electron chi connectivity index (χ0n) is 15.5. The fourth-order valence-corrected chi connectivity index (χ4v) is 4.03. The average molecular weight is 379 g/mol. The summed E-state index contributed by atoms with van der Waals surface area (Å²) in [6.45, 7) is 7.42. The summed E-state index contributed by atoms with van der Waals surface area (Å²) in [6.07, 6.45) is 2.71. The van der Waals surface area contributed by atoms with Gasteiger partial charge >= 0.3 is 0 Å². The number of carbonyl (C=O) groups excluding carboxylic acids is 1. The van der Waals surface area contributed by atoms with Crippen molar-refractivity contribution < 1.29 is 4.79 Å². The van der Waals surface area contributed by atoms with Crippen molar-refractivity contribution in [2.24, 2.45) is 0 Å². The minimum Gasteiger partial charge on any atom is -0.348 e. The lowest BCUT2D eigenvalue weighted by Gasteiger charge is -2.07. The Balaban J connectivity index is 1.56. The highest BCUT2D eigenvalue weighted by molar-refractivity contribution is 7.14. The highest BCUT2D eigenvalue weighted by atomic mass is 32.1. The number of carbonyl (C=O) groups is 1. The van der Waals surface area contributed by atoms with Crippen LogP contribution in [0.5, 0.6) is 0 Å². The van der Waals surface area contributed by atoms with E-state index in [-0.39, 0.29) is 5.91 Å². The Labute approximate surface area is 161 Å². The Kier molecular flexibility index (Phi) is 4.53. The smallest absolute Gasteiger partial charge is 0.257 e. The van der Waals surface area contributed by atoms with Crippen LogP contribution in [0.15, 0.2) is 36.0 Å². The maximum absolute atomic E-state index is 12.6. The minimum atomic E-state index is -0.177. The molecule has 1 amide bonds. The van der Waals surface area contributed by atoms with Crippen molar-refractivity contribution in [1.29, 1.82) is 0 Å². The van der Waals surface area contributed by atoms with Crippen LogP contribution in [0.1, 0.15) is 35.1 Å². The second-order valence-electron chi connectivity index (χ2n) is 6.56. The van der Waals surface area contributed by atoms with Gasteiger partial charge in [0.15, 0.2) is 5.13 Å². The molecular formula is C20H21N5OS. The van der Waals surface area contributed by atoms with Gasteiger partial charge in [-0.1, -0.05) is 6.92 Å². The van der Waals surface area contributed by atoms with Crippen LogP contribution in [-0.4, -0.2) is 25.4 Å². The van der Waals surface area contributed by atoms with Crippen LogP contribution < -0.4 is 5.32 Å². The second-order valence-corrected chi connectivity index (χ2v) is 7.42. The molecule has 0 saturated carbocycles. The Morgan fingerprint density at radius 1 is 1.30 bits per heavy atom. The van der Waals surface area contributed by atoms with E-state index in [2.05, 4.69) is 51.7 Å². The highest BCUT2D eigenvalue weighted by Crippen LogP contribution is 2.30. The average Bonchev–Trinajstić information content (AvgIpc) is 3.36. The van der Waals surface area contributed by atoms with Gasteiger partial charge in [-0.05, 0) is 44.5 Å². The van der Waals surface area contributed by atoms with E-state index >= 15 is 0 Å². The molecule has 6 nitrogen and oxygen atoms in total. The number of hydrogen-bond acceptors (Lipinski definition) is 4. The first-order valence-electron chi connectivity index (χ1n) is 8.94. The van der Waals surface area contributed by atoms with Crippen molar-refractivity contribution >= 4 is 33.4 Å². The highest BCUT2D eigenvalue weighted by Gasteiger charge is 2.15. The van der Waals surface area contributed by atoms with Crippen LogP contribution >= 0.6 is 11.3 Å². The fourth-order valence-electron chi connectivity index (χ4n) is 3.33. The van der Waals surface area contributed by atoms with Crippen molar-refractivity contribution in [2.75, 3.05) is 5.32 Å². The lowest BCUT2D eigenvalue weighted by molar-refractivity contribution is 0.102. The largest absolute Gasteiger partial charge is 0.348 e. The van der Waals surface area contributed by atoms with Gasteiger partial charge in [0.25, 0.3) is 5.91 Å². The molecule has 138 valence electrons. The lowest BCUT2D eigenvalue weighted by atomic mass is 10.2. The number of fused-ring (bicyclic) bond motifs is 1. The van der Waals surface area contributed by atoms with Crippen molar-refractivity contribution in [2.45, 2.75) is 33.7 Å².